The number of furan rings is 1. The van der Waals surface area contributed by atoms with Gasteiger partial charge in [0, 0.05) is 23.6 Å². The molecular formula is C21H15FN2O4. The van der Waals surface area contributed by atoms with Crippen LogP contribution in [0.5, 0.6) is 0 Å². The minimum Gasteiger partial charge on any atom is -0.507 e. The summed E-state index contributed by atoms with van der Waals surface area (Å²) in [5, 5.41) is 10.8. The number of carbonyl (C=O) groups is 2. The number of aliphatic hydroxyl groups excluding tert-OH is 1. The number of hydrogen-bond acceptors (Lipinski definition) is 5. The quantitative estimate of drug-likeness (QED) is 0.426. The summed E-state index contributed by atoms with van der Waals surface area (Å²) in [6.45, 7) is 1.73. The van der Waals surface area contributed by atoms with Gasteiger partial charge in [0.1, 0.15) is 29.1 Å². The zero-order valence-corrected chi connectivity index (χ0v) is 14.8. The molecule has 2 aromatic heterocycles. The molecule has 0 radical (unpaired) electrons. The summed E-state index contributed by atoms with van der Waals surface area (Å²) >= 11 is 0. The molecule has 1 unspecified atom stereocenters. The van der Waals surface area contributed by atoms with Gasteiger partial charge < -0.3 is 9.52 Å². The second-order valence-electron chi connectivity index (χ2n) is 6.33. The van der Waals surface area contributed by atoms with E-state index in [1.54, 1.807) is 19.1 Å². The van der Waals surface area contributed by atoms with Crippen LogP contribution in [0.3, 0.4) is 0 Å². The number of pyridine rings is 1. The van der Waals surface area contributed by atoms with Gasteiger partial charge in [-0.1, -0.05) is 0 Å². The topological polar surface area (TPSA) is 83.6 Å². The van der Waals surface area contributed by atoms with E-state index in [4.69, 9.17) is 4.42 Å². The molecule has 1 N–H and O–H groups in total. The Labute approximate surface area is 159 Å². The molecule has 7 heteroatoms. The van der Waals surface area contributed by atoms with Crippen molar-refractivity contribution in [2.75, 3.05) is 4.90 Å². The van der Waals surface area contributed by atoms with Gasteiger partial charge in [0.25, 0.3) is 11.7 Å². The molecule has 4 rings (SSSR count). The molecule has 6 nitrogen and oxygen atoms in total. The zero-order chi connectivity index (χ0) is 19.8. The molecule has 0 spiro atoms. The van der Waals surface area contributed by atoms with Crippen molar-refractivity contribution < 1.29 is 23.5 Å². The summed E-state index contributed by atoms with van der Waals surface area (Å²) in [4.78, 5) is 30.7. The first kappa shape index (κ1) is 17.7. The monoisotopic (exact) mass is 378 g/mol. The SMILES string of the molecule is Cc1ccc(C2/C(=C(/O)c3ccncc3)C(=O)C(=O)N2c2ccc(F)cc2)o1. The van der Waals surface area contributed by atoms with Crippen LogP contribution in [0.15, 0.2) is 70.9 Å². The summed E-state index contributed by atoms with van der Waals surface area (Å²) < 4.78 is 19.0. The molecule has 1 saturated heterocycles. The Morgan fingerprint density at radius 2 is 1.75 bits per heavy atom. The van der Waals surface area contributed by atoms with E-state index >= 15 is 0 Å². The van der Waals surface area contributed by atoms with E-state index in [0.717, 1.165) is 0 Å². The summed E-state index contributed by atoms with van der Waals surface area (Å²) in [6.07, 6.45) is 2.94. The number of rotatable bonds is 3. The molecule has 1 aliphatic rings. The van der Waals surface area contributed by atoms with Crippen molar-refractivity contribution in [1.82, 2.24) is 4.98 Å². The number of aromatic nitrogens is 1. The Morgan fingerprint density at radius 3 is 2.36 bits per heavy atom. The number of aliphatic hydroxyl groups is 1. The van der Waals surface area contributed by atoms with E-state index in [9.17, 15) is 19.1 Å². The Morgan fingerprint density at radius 1 is 1.07 bits per heavy atom. The number of nitrogens with zero attached hydrogens (tertiary/aromatic N) is 2. The van der Waals surface area contributed by atoms with Gasteiger partial charge in [-0.3, -0.25) is 19.5 Å². The molecule has 0 bridgehead atoms. The fourth-order valence-electron chi connectivity index (χ4n) is 3.24. The molecule has 0 saturated carbocycles. The summed E-state index contributed by atoms with van der Waals surface area (Å²) in [7, 11) is 0. The number of Topliss-reactive ketones (excluding diaryl/α,β-unsaturated/α-hetero) is 1. The van der Waals surface area contributed by atoms with Gasteiger partial charge in [0.15, 0.2) is 0 Å². The number of ketones is 1. The van der Waals surface area contributed by atoms with E-state index < -0.39 is 23.5 Å². The Hall–Kier alpha value is -3.74. The Kier molecular flexibility index (Phi) is 4.27. The smallest absolute Gasteiger partial charge is 0.300 e. The maximum atomic E-state index is 13.4. The van der Waals surface area contributed by atoms with Crippen molar-refractivity contribution in [3.63, 3.8) is 0 Å². The normalized spacial score (nSPS) is 18.6. The lowest BCUT2D eigenvalue weighted by Gasteiger charge is -2.23. The van der Waals surface area contributed by atoms with Gasteiger partial charge in [-0.05, 0) is 55.5 Å². The largest absolute Gasteiger partial charge is 0.507 e. The van der Waals surface area contributed by atoms with Crippen LogP contribution in [0.4, 0.5) is 10.1 Å². The van der Waals surface area contributed by atoms with E-state index in [2.05, 4.69) is 4.98 Å². The standard InChI is InChI=1S/C21H15FN2O4/c1-12-2-7-16(28-12)18-17(19(25)13-8-10-23-11-9-13)20(26)21(27)24(18)15-5-3-14(22)4-6-15/h2-11,18,25H,1H3/b19-17-. The second kappa shape index (κ2) is 6.77. The van der Waals surface area contributed by atoms with Crippen molar-refractivity contribution >= 4 is 23.1 Å². The van der Waals surface area contributed by atoms with E-state index in [1.807, 2.05) is 0 Å². The van der Waals surface area contributed by atoms with Gasteiger partial charge in [0.05, 0.1) is 5.57 Å². The van der Waals surface area contributed by atoms with Crippen molar-refractivity contribution in [1.29, 1.82) is 0 Å². The lowest BCUT2D eigenvalue weighted by Crippen LogP contribution is -2.29. The molecule has 3 heterocycles. The lowest BCUT2D eigenvalue weighted by atomic mass is 9.99. The number of hydrogen-bond donors (Lipinski definition) is 1. The van der Waals surface area contributed by atoms with Crippen LogP contribution in [-0.2, 0) is 9.59 Å². The van der Waals surface area contributed by atoms with Gasteiger partial charge >= 0.3 is 0 Å². The van der Waals surface area contributed by atoms with Crippen LogP contribution in [0.25, 0.3) is 5.76 Å². The van der Waals surface area contributed by atoms with Gasteiger partial charge in [0.2, 0.25) is 0 Å². The van der Waals surface area contributed by atoms with Crippen LogP contribution in [-0.4, -0.2) is 21.8 Å². The maximum Gasteiger partial charge on any atom is 0.300 e. The highest BCUT2D eigenvalue weighted by Crippen LogP contribution is 2.42. The number of benzene rings is 1. The number of anilines is 1. The van der Waals surface area contributed by atoms with E-state index in [1.165, 1.54) is 53.7 Å². The highest BCUT2D eigenvalue weighted by Gasteiger charge is 2.48. The second-order valence-corrected chi connectivity index (χ2v) is 6.33. The van der Waals surface area contributed by atoms with Crippen LogP contribution in [0.1, 0.15) is 23.1 Å². The van der Waals surface area contributed by atoms with Crippen LogP contribution >= 0.6 is 0 Å². The fourth-order valence-corrected chi connectivity index (χ4v) is 3.24. The highest BCUT2D eigenvalue weighted by molar-refractivity contribution is 6.51. The molecule has 28 heavy (non-hydrogen) atoms. The van der Waals surface area contributed by atoms with Crippen LogP contribution < -0.4 is 4.90 Å². The third kappa shape index (κ3) is 2.87. The maximum absolute atomic E-state index is 13.4. The van der Waals surface area contributed by atoms with E-state index in [0.29, 0.717) is 22.8 Å². The molecule has 1 aliphatic heterocycles. The molecule has 1 aromatic carbocycles. The predicted octanol–water partition coefficient (Wildman–Crippen LogP) is 3.75. The molecule has 0 aliphatic carbocycles. The molecular weight excluding hydrogens is 363 g/mol. The fraction of sp³-hybridized carbons (Fsp3) is 0.0952. The van der Waals surface area contributed by atoms with Gasteiger partial charge in [-0.2, -0.15) is 0 Å². The number of carbonyl (C=O) groups excluding carboxylic acids is 2. The average molecular weight is 378 g/mol. The number of aryl methyl sites for hydroxylation is 1. The highest BCUT2D eigenvalue weighted by atomic mass is 19.1. The molecule has 140 valence electrons. The van der Waals surface area contributed by atoms with Crippen LogP contribution in [0, 0.1) is 12.7 Å². The summed E-state index contributed by atoms with van der Waals surface area (Å²) in [6, 6.07) is 10.6. The predicted molar refractivity (Wildman–Crippen MR) is 98.9 cm³/mol. The third-order valence-electron chi connectivity index (χ3n) is 4.53. The van der Waals surface area contributed by atoms with Crippen molar-refractivity contribution in [3.8, 4) is 0 Å². The summed E-state index contributed by atoms with van der Waals surface area (Å²) in [5.74, 6) is -1.58. The molecule has 1 amide bonds. The van der Waals surface area contributed by atoms with Crippen molar-refractivity contribution in [3.05, 3.63) is 89.4 Å². The van der Waals surface area contributed by atoms with Gasteiger partial charge in [-0.15, -0.1) is 0 Å². The first-order valence-electron chi connectivity index (χ1n) is 8.50. The first-order chi connectivity index (χ1) is 13.5. The van der Waals surface area contributed by atoms with Crippen LogP contribution in [0.2, 0.25) is 0 Å². The Bertz CT molecular complexity index is 1090. The molecule has 3 aromatic rings. The average Bonchev–Trinajstić information content (AvgIpc) is 3.24. The zero-order valence-electron chi connectivity index (χ0n) is 14.8. The minimum atomic E-state index is -0.979. The Balaban J connectivity index is 1.93. The number of amides is 1. The van der Waals surface area contributed by atoms with Crippen molar-refractivity contribution in [2.24, 2.45) is 0 Å². The summed E-state index contributed by atoms with van der Waals surface area (Å²) in [5.41, 5.74) is 0.562. The van der Waals surface area contributed by atoms with Crippen molar-refractivity contribution in [2.45, 2.75) is 13.0 Å². The molecule has 1 fully saturated rings. The number of halogens is 1. The van der Waals surface area contributed by atoms with Gasteiger partial charge in [-0.25, -0.2) is 4.39 Å². The first-order valence-corrected chi connectivity index (χ1v) is 8.50. The third-order valence-corrected chi connectivity index (χ3v) is 4.53. The molecule has 1 atom stereocenters. The minimum absolute atomic E-state index is 0.102. The lowest BCUT2D eigenvalue weighted by molar-refractivity contribution is -0.132. The van der Waals surface area contributed by atoms with E-state index in [-0.39, 0.29) is 11.3 Å².